The number of thiazole rings is 1. The van der Waals surface area contributed by atoms with Gasteiger partial charge < -0.3 is 15.8 Å². The third-order valence-corrected chi connectivity index (χ3v) is 6.34. The number of benzene rings is 1. The lowest BCUT2D eigenvalue weighted by Gasteiger charge is -2.20. The van der Waals surface area contributed by atoms with Crippen LogP contribution in [0.5, 0.6) is 0 Å². The molecule has 3 unspecified atom stereocenters. The van der Waals surface area contributed by atoms with E-state index in [1.807, 2.05) is 30.3 Å². The molecule has 0 radical (unpaired) electrons. The minimum absolute atomic E-state index is 0.00197. The van der Waals surface area contributed by atoms with E-state index in [-0.39, 0.29) is 24.1 Å². The quantitative estimate of drug-likeness (QED) is 0.423. The predicted octanol–water partition coefficient (Wildman–Crippen LogP) is 3.43. The lowest BCUT2D eigenvalue weighted by molar-refractivity contribution is 0.0492. The van der Waals surface area contributed by atoms with Crippen molar-refractivity contribution in [2.24, 2.45) is 15.9 Å². The van der Waals surface area contributed by atoms with E-state index in [0.717, 1.165) is 40.7 Å². The maximum absolute atomic E-state index is 12.9. The van der Waals surface area contributed by atoms with Crippen LogP contribution in [0.1, 0.15) is 36.2 Å². The maximum atomic E-state index is 12.9. The summed E-state index contributed by atoms with van der Waals surface area (Å²) >= 11 is 1.42. The highest BCUT2D eigenvalue weighted by Crippen LogP contribution is 2.29. The van der Waals surface area contributed by atoms with Crippen LogP contribution < -0.4 is 11.1 Å². The summed E-state index contributed by atoms with van der Waals surface area (Å²) in [6.07, 6.45) is 6.52. The molecule has 0 bridgehead atoms. The molecular formula is C23H26N6O2S. The van der Waals surface area contributed by atoms with E-state index >= 15 is 0 Å². The van der Waals surface area contributed by atoms with Crippen molar-refractivity contribution in [1.82, 2.24) is 15.3 Å². The van der Waals surface area contributed by atoms with Gasteiger partial charge in [-0.1, -0.05) is 18.2 Å². The van der Waals surface area contributed by atoms with E-state index in [4.69, 9.17) is 10.5 Å². The fourth-order valence-corrected chi connectivity index (χ4v) is 4.61. The fraction of sp³-hybridized carbons (Fsp3) is 0.348. The van der Waals surface area contributed by atoms with Crippen molar-refractivity contribution in [2.75, 3.05) is 6.61 Å². The summed E-state index contributed by atoms with van der Waals surface area (Å²) in [7, 11) is 0. The van der Waals surface area contributed by atoms with Crippen LogP contribution in [0, 0.1) is 0 Å². The second-order valence-electron chi connectivity index (χ2n) is 7.76. The number of pyridine rings is 1. The average Bonchev–Trinajstić information content (AvgIpc) is 3.21. The van der Waals surface area contributed by atoms with Crippen LogP contribution in [0.2, 0.25) is 0 Å². The van der Waals surface area contributed by atoms with Crippen LogP contribution in [-0.4, -0.2) is 53.6 Å². The Morgan fingerprint density at radius 1 is 1.34 bits per heavy atom. The van der Waals surface area contributed by atoms with Gasteiger partial charge in [-0.3, -0.25) is 9.78 Å². The van der Waals surface area contributed by atoms with Crippen molar-refractivity contribution in [3.8, 4) is 10.6 Å². The molecule has 2 aromatic heterocycles. The van der Waals surface area contributed by atoms with E-state index in [9.17, 15) is 4.79 Å². The van der Waals surface area contributed by atoms with Crippen molar-refractivity contribution < 1.29 is 9.53 Å². The number of nitrogens with two attached hydrogens (primary N) is 1. The molecule has 3 atom stereocenters. The average molecular weight is 451 g/mol. The zero-order valence-electron chi connectivity index (χ0n) is 17.7. The SMILES string of the molecule is C=N/N=C/C(CC1CCC(N)CCO1)NC(=O)c1csc(-c2cccc3cccnc23)n1. The molecule has 0 spiro atoms. The van der Waals surface area contributed by atoms with E-state index in [0.29, 0.717) is 18.7 Å². The molecule has 3 N–H and O–H groups in total. The van der Waals surface area contributed by atoms with E-state index in [1.54, 1.807) is 17.8 Å². The molecule has 8 nitrogen and oxygen atoms in total. The van der Waals surface area contributed by atoms with E-state index < -0.39 is 0 Å². The molecule has 9 heteroatoms. The Balaban J connectivity index is 1.48. The Labute approximate surface area is 190 Å². The van der Waals surface area contributed by atoms with Crippen molar-refractivity contribution in [2.45, 2.75) is 43.9 Å². The number of nitrogens with zero attached hydrogens (tertiary/aromatic N) is 4. The lowest BCUT2D eigenvalue weighted by Crippen LogP contribution is -2.39. The van der Waals surface area contributed by atoms with Gasteiger partial charge in [-0.25, -0.2) is 4.98 Å². The number of hydrogen-bond acceptors (Lipinski definition) is 8. The van der Waals surface area contributed by atoms with Crippen molar-refractivity contribution in [3.05, 3.63) is 47.6 Å². The Hall–Kier alpha value is -3.01. The standard InChI is InChI=1S/C23H26N6O2S/c1-25-27-13-17(12-18-8-7-16(24)9-11-31-18)28-22(30)20-14-32-23(29-20)19-6-2-4-15-5-3-10-26-21(15)19/h2-6,10,13-14,16-18H,1,7-9,11-12,24H2,(H,28,30)/b27-13+. The monoisotopic (exact) mass is 450 g/mol. The van der Waals surface area contributed by atoms with Gasteiger partial charge in [0.25, 0.3) is 5.91 Å². The summed E-state index contributed by atoms with van der Waals surface area (Å²) in [4.78, 5) is 22.0. The summed E-state index contributed by atoms with van der Waals surface area (Å²) in [5.74, 6) is -0.272. The van der Waals surface area contributed by atoms with Crippen molar-refractivity contribution in [1.29, 1.82) is 0 Å². The summed E-state index contributed by atoms with van der Waals surface area (Å²) < 4.78 is 5.91. The van der Waals surface area contributed by atoms with Crippen LogP contribution in [-0.2, 0) is 4.74 Å². The third kappa shape index (κ3) is 5.42. The molecule has 1 aromatic carbocycles. The molecule has 4 rings (SSSR count). The molecule has 166 valence electrons. The van der Waals surface area contributed by atoms with E-state index in [2.05, 4.69) is 32.2 Å². The number of nitrogens with one attached hydrogen (secondary N) is 1. The van der Waals surface area contributed by atoms with Gasteiger partial charge in [-0.2, -0.15) is 10.2 Å². The molecule has 1 amide bonds. The van der Waals surface area contributed by atoms with Gasteiger partial charge in [0.05, 0.1) is 17.7 Å². The van der Waals surface area contributed by atoms with Crippen LogP contribution in [0.3, 0.4) is 0 Å². The molecule has 3 aromatic rings. The zero-order chi connectivity index (χ0) is 22.3. The number of ether oxygens (including phenoxy) is 1. The Morgan fingerprint density at radius 3 is 3.09 bits per heavy atom. The Morgan fingerprint density at radius 2 is 2.22 bits per heavy atom. The number of hydrogen-bond donors (Lipinski definition) is 2. The predicted molar refractivity (Wildman–Crippen MR) is 128 cm³/mol. The highest BCUT2D eigenvalue weighted by Gasteiger charge is 2.23. The highest BCUT2D eigenvalue weighted by molar-refractivity contribution is 7.13. The van der Waals surface area contributed by atoms with Gasteiger partial charge >= 0.3 is 0 Å². The van der Waals surface area contributed by atoms with Crippen LogP contribution in [0.25, 0.3) is 21.5 Å². The third-order valence-electron chi connectivity index (χ3n) is 5.46. The zero-order valence-corrected chi connectivity index (χ0v) is 18.5. The molecule has 1 saturated heterocycles. The summed E-state index contributed by atoms with van der Waals surface area (Å²) in [5.41, 5.74) is 8.16. The smallest absolute Gasteiger partial charge is 0.271 e. The first-order valence-corrected chi connectivity index (χ1v) is 11.5. The molecule has 1 aliphatic heterocycles. The lowest BCUT2D eigenvalue weighted by atomic mass is 10.0. The number of carbonyl (C=O) groups is 1. The normalized spacial score (nSPS) is 20.2. The maximum Gasteiger partial charge on any atom is 0.271 e. The molecule has 1 fully saturated rings. The van der Waals surface area contributed by atoms with Gasteiger partial charge in [0.2, 0.25) is 0 Å². The number of rotatable bonds is 7. The van der Waals surface area contributed by atoms with Gasteiger partial charge in [0.1, 0.15) is 10.7 Å². The minimum Gasteiger partial charge on any atom is -0.378 e. The summed E-state index contributed by atoms with van der Waals surface area (Å²) in [6.45, 7) is 4.00. The largest absolute Gasteiger partial charge is 0.378 e. The molecule has 0 aliphatic carbocycles. The first-order valence-electron chi connectivity index (χ1n) is 10.6. The van der Waals surface area contributed by atoms with Crippen molar-refractivity contribution in [3.63, 3.8) is 0 Å². The Kier molecular flexibility index (Phi) is 7.31. The molecule has 1 aliphatic rings. The molecular weight excluding hydrogens is 424 g/mol. The fourth-order valence-electron chi connectivity index (χ4n) is 3.79. The number of fused-ring (bicyclic) bond motifs is 1. The van der Waals surface area contributed by atoms with Gasteiger partial charge in [0.15, 0.2) is 0 Å². The Bertz CT molecular complexity index is 1110. The first-order chi connectivity index (χ1) is 15.6. The summed E-state index contributed by atoms with van der Waals surface area (Å²) in [5, 5.41) is 13.9. The van der Waals surface area contributed by atoms with Crippen LogP contribution >= 0.6 is 11.3 Å². The number of para-hydroxylation sites is 1. The molecule has 0 saturated carbocycles. The van der Waals surface area contributed by atoms with Crippen LogP contribution in [0.4, 0.5) is 0 Å². The van der Waals surface area contributed by atoms with Gasteiger partial charge in [0, 0.05) is 48.1 Å². The summed E-state index contributed by atoms with van der Waals surface area (Å²) in [6, 6.07) is 9.66. The topological polar surface area (TPSA) is 115 Å². The van der Waals surface area contributed by atoms with Crippen LogP contribution in [0.15, 0.2) is 52.1 Å². The first kappa shape index (κ1) is 22.2. The molecule has 3 heterocycles. The second kappa shape index (κ2) is 10.5. The second-order valence-corrected chi connectivity index (χ2v) is 8.62. The number of amides is 1. The van der Waals surface area contributed by atoms with E-state index in [1.165, 1.54) is 11.3 Å². The minimum atomic E-state index is -0.350. The number of aromatic nitrogens is 2. The highest BCUT2D eigenvalue weighted by atomic mass is 32.1. The van der Waals surface area contributed by atoms with Gasteiger partial charge in [-0.05, 0) is 37.8 Å². The van der Waals surface area contributed by atoms with Crippen molar-refractivity contribution >= 4 is 41.1 Å². The van der Waals surface area contributed by atoms with Gasteiger partial charge in [-0.15, -0.1) is 11.3 Å². The number of carbonyl (C=O) groups excluding carboxylic acids is 1. The molecule has 32 heavy (non-hydrogen) atoms.